The van der Waals surface area contributed by atoms with Gasteiger partial charge in [0.05, 0.1) is 6.26 Å². The summed E-state index contributed by atoms with van der Waals surface area (Å²) in [5, 5.41) is 3.47. The van der Waals surface area contributed by atoms with Crippen molar-refractivity contribution in [2.75, 3.05) is 12.8 Å². The second kappa shape index (κ2) is 6.07. The first-order chi connectivity index (χ1) is 9.66. The number of hydrogen-bond donors (Lipinski definition) is 2. The molecule has 1 aliphatic rings. The highest BCUT2D eigenvalue weighted by atomic mass is 32.2. The Balaban J connectivity index is 1.80. The molecule has 0 aliphatic heterocycles. The van der Waals surface area contributed by atoms with E-state index < -0.39 is 15.6 Å². The van der Waals surface area contributed by atoms with Crippen molar-refractivity contribution in [1.29, 1.82) is 0 Å². The molecule has 0 heterocycles. The van der Waals surface area contributed by atoms with Crippen LogP contribution in [0.2, 0.25) is 0 Å². The van der Waals surface area contributed by atoms with Gasteiger partial charge in [-0.3, -0.25) is 0 Å². The molecule has 2 rings (SSSR count). The Bertz CT molecular complexity index is 590. The van der Waals surface area contributed by atoms with Crippen LogP contribution in [-0.4, -0.2) is 32.8 Å². The van der Waals surface area contributed by atoms with Crippen molar-refractivity contribution in [2.45, 2.75) is 51.1 Å². The van der Waals surface area contributed by atoms with E-state index in [1.165, 1.54) is 17.4 Å². The molecule has 1 fully saturated rings. The van der Waals surface area contributed by atoms with Gasteiger partial charge in [0.2, 0.25) is 10.0 Å². The molecule has 0 aromatic heterocycles. The molecule has 0 spiro atoms. The van der Waals surface area contributed by atoms with Gasteiger partial charge in [-0.1, -0.05) is 24.3 Å². The minimum Gasteiger partial charge on any atom is -0.312 e. The molecule has 0 atom stereocenters. The van der Waals surface area contributed by atoms with Crippen molar-refractivity contribution in [3.63, 3.8) is 0 Å². The normalized spacial score (nSPS) is 22.9. The first kappa shape index (κ1) is 16.5. The molecule has 1 aromatic rings. The molecule has 1 aromatic carbocycles. The molecule has 2 N–H and O–H groups in total. The third-order valence-electron chi connectivity index (χ3n) is 4.06. The van der Waals surface area contributed by atoms with Gasteiger partial charge >= 0.3 is 0 Å². The lowest BCUT2D eigenvalue weighted by molar-refractivity contribution is 0.267. The molecule has 0 bridgehead atoms. The number of aryl methyl sites for hydroxylation is 1. The SMILES string of the molecule is Cc1ccccc1C1CC(NCC(C)(C)NS(C)(=O)=O)C1. The van der Waals surface area contributed by atoms with Gasteiger partial charge in [0.15, 0.2) is 0 Å². The fraction of sp³-hybridized carbons (Fsp3) is 0.625. The maximum Gasteiger partial charge on any atom is 0.209 e. The van der Waals surface area contributed by atoms with Gasteiger partial charge in [-0.05, 0) is 50.7 Å². The number of rotatable bonds is 6. The smallest absolute Gasteiger partial charge is 0.209 e. The lowest BCUT2D eigenvalue weighted by atomic mass is 9.74. The van der Waals surface area contributed by atoms with E-state index in [9.17, 15) is 8.42 Å². The highest BCUT2D eigenvalue weighted by Crippen LogP contribution is 2.38. The van der Waals surface area contributed by atoms with Crippen molar-refractivity contribution >= 4 is 10.0 Å². The zero-order valence-electron chi connectivity index (χ0n) is 13.3. The number of sulfonamides is 1. The molecular weight excluding hydrogens is 284 g/mol. The van der Waals surface area contributed by atoms with Crippen molar-refractivity contribution in [3.05, 3.63) is 35.4 Å². The summed E-state index contributed by atoms with van der Waals surface area (Å²) in [5.41, 5.74) is 2.35. The van der Waals surface area contributed by atoms with Gasteiger partial charge in [0.25, 0.3) is 0 Å². The number of benzene rings is 1. The molecule has 0 saturated heterocycles. The molecular formula is C16H26N2O2S. The summed E-state index contributed by atoms with van der Waals surface area (Å²) in [5.74, 6) is 0.634. The summed E-state index contributed by atoms with van der Waals surface area (Å²) in [7, 11) is -3.17. The molecule has 21 heavy (non-hydrogen) atoms. The highest BCUT2D eigenvalue weighted by molar-refractivity contribution is 7.88. The van der Waals surface area contributed by atoms with E-state index >= 15 is 0 Å². The van der Waals surface area contributed by atoms with E-state index in [4.69, 9.17) is 0 Å². The average molecular weight is 310 g/mol. The molecule has 0 amide bonds. The van der Waals surface area contributed by atoms with Crippen LogP contribution < -0.4 is 10.0 Å². The van der Waals surface area contributed by atoms with Crippen LogP contribution in [0.5, 0.6) is 0 Å². The minimum absolute atomic E-state index is 0.457. The maximum absolute atomic E-state index is 11.3. The largest absolute Gasteiger partial charge is 0.312 e. The fourth-order valence-electron chi connectivity index (χ4n) is 3.02. The Kier molecular flexibility index (Phi) is 4.76. The molecule has 5 heteroatoms. The Hall–Kier alpha value is -0.910. The van der Waals surface area contributed by atoms with Crippen molar-refractivity contribution in [2.24, 2.45) is 0 Å². The van der Waals surface area contributed by atoms with E-state index in [2.05, 4.69) is 41.2 Å². The summed E-state index contributed by atoms with van der Waals surface area (Å²) in [6.45, 7) is 6.61. The Morgan fingerprint density at radius 1 is 1.24 bits per heavy atom. The molecule has 0 unspecified atom stereocenters. The van der Waals surface area contributed by atoms with Crippen LogP contribution in [0, 0.1) is 6.92 Å². The van der Waals surface area contributed by atoms with Crippen LogP contribution in [0.25, 0.3) is 0 Å². The molecule has 118 valence electrons. The van der Waals surface area contributed by atoms with Crippen molar-refractivity contribution < 1.29 is 8.42 Å². The van der Waals surface area contributed by atoms with Gasteiger partial charge in [-0.2, -0.15) is 0 Å². The molecule has 1 aliphatic carbocycles. The van der Waals surface area contributed by atoms with Gasteiger partial charge in [0.1, 0.15) is 0 Å². The third-order valence-corrected chi connectivity index (χ3v) is 4.98. The van der Waals surface area contributed by atoms with Gasteiger partial charge < -0.3 is 5.32 Å². The van der Waals surface area contributed by atoms with Crippen LogP contribution in [-0.2, 0) is 10.0 Å². The summed E-state index contributed by atoms with van der Waals surface area (Å²) in [6, 6.07) is 9.03. The van der Waals surface area contributed by atoms with E-state index in [1.54, 1.807) is 0 Å². The summed E-state index contributed by atoms with van der Waals surface area (Å²) >= 11 is 0. The van der Waals surface area contributed by atoms with Crippen LogP contribution >= 0.6 is 0 Å². The molecule has 0 radical (unpaired) electrons. The van der Waals surface area contributed by atoms with Crippen LogP contribution in [0.3, 0.4) is 0 Å². The van der Waals surface area contributed by atoms with Crippen molar-refractivity contribution in [1.82, 2.24) is 10.0 Å². The lowest BCUT2D eigenvalue weighted by Crippen LogP contribution is -2.53. The monoisotopic (exact) mass is 310 g/mol. The van der Waals surface area contributed by atoms with Gasteiger partial charge in [-0.15, -0.1) is 0 Å². The van der Waals surface area contributed by atoms with E-state index in [0.29, 0.717) is 18.5 Å². The van der Waals surface area contributed by atoms with Gasteiger partial charge in [-0.25, -0.2) is 13.1 Å². The van der Waals surface area contributed by atoms with E-state index in [0.717, 1.165) is 12.8 Å². The number of nitrogens with one attached hydrogen (secondary N) is 2. The zero-order valence-corrected chi connectivity index (χ0v) is 14.1. The molecule has 1 saturated carbocycles. The Morgan fingerprint density at radius 3 is 2.43 bits per heavy atom. The van der Waals surface area contributed by atoms with Crippen LogP contribution in [0.4, 0.5) is 0 Å². The maximum atomic E-state index is 11.3. The van der Waals surface area contributed by atoms with Crippen LogP contribution in [0.1, 0.15) is 43.7 Å². The third kappa shape index (κ3) is 4.80. The standard InChI is InChI=1S/C16H26N2O2S/c1-12-7-5-6-8-15(12)13-9-14(10-13)17-11-16(2,3)18-21(4,19)20/h5-8,13-14,17-18H,9-11H2,1-4H3. The summed E-state index contributed by atoms with van der Waals surface area (Å²) < 4.78 is 25.3. The van der Waals surface area contributed by atoms with Crippen LogP contribution in [0.15, 0.2) is 24.3 Å². The first-order valence-corrected chi connectivity index (χ1v) is 9.33. The van der Waals surface area contributed by atoms with Gasteiger partial charge in [0, 0.05) is 18.1 Å². The predicted octanol–water partition coefficient (Wildman–Crippen LogP) is 2.16. The second-order valence-corrected chi connectivity index (χ2v) is 8.61. The lowest BCUT2D eigenvalue weighted by Gasteiger charge is -2.39. The number of hydrogen-bond acceptors (Lipinski definition) is 3. The predicted molar refractivity (Wildman–Crippen MR) is 87.0 cm³/mol. The zero-order chi connectivity index (χ0) is 15.7. The van der Waals surface area contributed by atoms with Crippen molar-refractivity contribution in [3.8, 4) is 0 Å². The first-order valence-electron chi connectivity index (χ1n) is 7.44. The average Bonchev–Trinajstić information content (AvgIpc) is 2.25. The molecule has 4 nitrogen and oxygen atoms in total. The van der Waals surface area contributed by atoms with E-state index in [1.807, 2.05) is 13.8 Å². The fourth-order valence-corrected chi connectivity index (χ4v) is 4.10. The minimum atomic E-state index is -3.17. The quantitative estimate of drug-likeness (QED) is 0.846. The Labute approximate surface area is 128 Å². The Morgan fingerprint density at radius 2 is 1.86 bits per heavy atom. The topological polar surface area (TPSA) is 58.2 Å². The summed E-state index contributed by atoms with van der Waals surface area (Å²) in [6.07, 6.45) is 3.45. The van der Waals surface area contributed by atoms with E-state index in [-0.39, 0.29) is 0 Å². The second-order valence-electron chi connectivity index (χ2n) is 6.86. The highest BCUT2D eigenvalue weighted by Gasteiger charge is 2.32. The summed E-state index contributed by atoms with van der Waals surface area (Å²) in [4.78, 5) is 0.